The van der Waals surface area contributed by atoms with Crippen molar-refractivity contribution in [3.8, 4) is 0 Å². The fraction of sp³-hybridized carbons (Fsp3) is 0.333. The van der Waals surface area contributed by atoms with Gasteiger partial charge in [-0.05, 0) is 50.3 Å². The summed E-state index contributed by atoms with van der Waals surface area (Å²) in [5.41, 5.74) is 10.7. The van der Waals surface area contributed by atoms with Gasteiger partial charge in [0.25, 0.3) is 0 Å². The lowest BCUT2D eigenvalue weighted by Gasteiger charge is -2.04. The highest BCUT2D eigenvalue weighted by atomic mass is 14.5. The summed E-state index contributed by atoms with van der Waals surface area (Å²) < 4.78 is 0. The number of allylic oxidation sites excluding steroid dienone is 10. The second-order valence-electron chi connectivity index (χ2n) is 4.87. The minimum atomic E-state index is 0.526. The van der Waals surface area contributed by atoms with Crippen LogP contribution in [0.3, 0.4) is 0 Å². The number of nitrogens with two attached hydrogens (primary N) is 1. The molecule has 0 saturated carbocycles. The van der Waals surface area contributed by atoms with Gasteiger partial charge < -0.3 is 5.73 Å². The Labute approximate surface area is 117 Å². The van der Waals surface area contributed by atoms with Crippen molar-refractivity contribution in [2.75, 3.05) is 0 Å². The Hall–Kier alpha value is -1.76. The van der Waals surface area contributed by atoms with Crippen molar-refractivity contribution in [1.29, 1.82) is 0 Å². The van der Waals surface area contributed by atoms with Crippen molar-refractivity contribution >= 4 is 0 Å². The quantitative estimate of drug-likeness (QED) is 0.512. The van der Waals surface area contributed by atoms with Crippen LogP contribution in [-0.4, -0.2) is 0 Å². The first-order valence-corrected chi connectivity index (χ1v) is 6.87. The molecule has 1 aliphatic rings. The van der Waals surface area contributed by atoms with Crippen molar-refractivity contribution < 1.29 is 0 Å². The summed E-state index contributed by atoms with van der Waals surface area (Å²) >= 11 is 0. The van der Waals surface area contributed by atoms with Crippen LogP contribution in [0.2, 0.25) is 0 Å². The first kappa shape index (κ1) is 15.3. The number of rotatable bonds is 7. The Kier molecular flexibility index (Phi) is 6.14. The standard InChI is InChI=1S/C18H25N/c1-5-9-15(13-19)10-7-8-11-16(6-2)18-12-17(18)14(3)4/h5-7,9-10,12-13,17H,3,8,11,19H2,1-2,4H3/b9-5-,10-7+,15-13-,16-6-/t17-/m1/s1. The first-order chi connectivity index (χ1) is 9.13. The van der Waals surface area contributed by atoms with Gasteiger partial charge in [0, 0.05) is 12.1 Å². The van der Waals surface area contributed by atoms with Gasteiger partial charge in [0.05, 0.1) is 0 Å². The van der Waals surface area contributed by atoms with E-state index in [1.165, 1.54) is 16.7 Å². The molecule has 0 bridgehead atoms. The SMILES string of the molecule is C=C(C)[C@H]1C=C1/C(=C\C)CC/C=C/C(/C=C\C)=C\N. The van der Waals surface area contributed by atoms with Gasteiger partial charge in [0.15, 0.2) is 0 Å². The zero-order valence-corrected chi connectivity index (χ0v) is 12.3. The third-order valence-corrected chi connectivity index (χ3v) is 3.26. The highest BCUT2D eigenvalue weighted by molar-refractivity contribution is 5.51. The molecule has 19 heavy (non-hydrogen) atoms. The van der Waals surface area contributed by atoms with Crippen LogP contribution in [0.25, 0.3) is 0 Å². The average molecular weight is 255 g/mol. The van der Waals surface area contributed by atoms with Crippen LogP contribution in [0.15, 0.2) is 71.5 Å². The summed E-state index contributed by atoms with van der Waals surface area (Å²) in [6.07, 6.45) is 16.5. The lowest BCUT2D eigenvalue weighted by molar-refractivity contribution is 0.957. The van der Waals surface area contributed by atoms with Crippen LogP contribution in [0.4, 0.5) is 0 Å². The molecule has 1 heteroatoms. The molecule has 1 rings (SSSR count). The monoisotopic (exact) mass is 255 g/mol. The molecule has 1 aliphatic carbocycles. The van der Waals surface area contributed by atoms with Crippen LogP contribution in [-0.2, 0) is 0 Å². The lowest BCUT2D eigenvalue weighted by Crippen LogP contribution is -1.88. The Bertz CT molecular complexity index is 470. The van der Waals surface area contributed by atoms with Crippen LogP contribution < -0.4 is 5.73 Å². The molecular formula is C18H25N. The molecule has 102 valence electrons. The molecular weight excluding hydrogens is 230 g/mol. The largest absolute Gasteiger partial charge is 0.404 e. The van der Waals surface area contributed by atoms with Crippen LogP contribution >= 0.6 is 0 Å². The summed E-state index contributed by atoms with van der Waals surface area (Å²) in [6.45, 7) is 10.2. The minimum Gasteiger partial charge on any atom is -0.404 e. The van der Waals surface area contributed by atoms with Crippen LogP contribution in [0, 0.1) is 5.92 Å². The summed E-state index contributed by atoms with van der Waals surface area (Å²) in [7, 11) is 0. The minimum absolute atomic E-state index is 0.526. The molecule has 0 aromatic rings. The topological polar surface area (TPSA) is 26.0 Å². The van der Waals surface area contributed by atoms with E-state index < -0.39 is 0 Å². The number of hydrogen-bond donors (Lipinski definition) is 1. The highest BCUT2D eigenvalue weighted by Crippen LogP contribution is 2.41. The second-order valence-corrected chi connectivity index (χ2v) is 4.87. The molecule has 0 fully saturated rings. The maximum Gasteiger partial charge on any atom is 0.0228 e. The Morgan fingerprint density at radius 1 is 1.37 bits per heavy atom. The van der Waals surface area contributed by atoms with Crippen LogP contribution in [0.5, 0.6) is 0 Å². The van der Waals surface area contributed by atoms with E-state index in [0.29, 0.717) is 5.92 Å². The predicted octanol–water partition coefficient (Wildman–Crippen LogP) is 4.82. The molecule has 0 saturated heterocycles. The van der Waals surface area contributed by atoms with Gasteiger partial charge in [-0.15, -0.1) is 0 Å². The van der Waals surface area contributed by atoms with Crippen molar-refractivity contribution in [1.82, 2.24) is 0 Å². The Balaban J connectivity index is 2.42. The third-order valence-electron chi connectivity index (χ3n) is 3.26. The number of hydrogen-bond acceptors (Lipinski definition) is 1. The average Bonchev–Trinajstić information content (AvgIpc) is 3.18. The zero-order valence-electron chi connectivity index (χ0n) is 12.3. The first-order valence-electron chi connectivity index (χ1n) is 6.87. The van der Waals surface area contributed by atoms with Gasteiger partial charge in [0.1, 0.15) is 0 Å². The fourth-order valence-electron chi connectivity index (χ4n) is 2.12. The van der Waals surface area contributed by atoms with Gasteiger partial charge in [0.2, 0.25) is 0 Å². The Morgan fingerprint density at radius 3 is 2.58 bits per heavy atom. The normalized spacial score (nSPS) is 20.2. The van der Waals surface area contributed by atoms with E-state index in [-0.39, 0.29) is 0 Å². The van der Waals surface area contributed by atoms with Gasteiger partial charge in [-0.25, -0.2) is 0 Å². The van der Waals surface area contributed by atoms with E-state index in [0.717, 1.165) is 18.4 Å². The summed E-state index contributed by atoms with van der Waals surface area (Å²) in [5, 5.41) is 0. The molecule has 1 atom stereocenters. The van der Waals surface area contributed by atoms with Gasteiger partial charge >= 0.3 is 0 Å². The highest BCUT2D eigenvalue weighted by Gasteiger charge is 2.26. The molecule has 0 unspecified atom stereocenters. The van der Waals surface area contributed by atoms with Gasteiger partial charge in [-0.2, -0.15) is 0 Å². The van der Waals surface area contributed by atoms with E-state index >= 15 is 0 Å². The van der Waals surface area contributed by atoms with Gasteiger partial charge in [-0.3, -0.25) is 0 Å². The molecule has 0 aromatic heterocycles. The van der Waals surface area contributed by atoms with Crippen molar-refractivity contribution in [2.24, 2.45) is 11.7 Å². The molecule has 1 nitrogen and oxygen atoms in total. The van der Waals surface area contributed by atoms with E-state index in [9.17, 15) is 0 Å². The molecule has 0 aromatic carbocycles. The second kappa shape index (κ2) is 7.63. The maximum atomic E-state index is 5.54. The smallest absolute Gasteiger partial charge is 0.0228 e. The molecule has 0 radical (unpaired) electrons. The third kappa shape index (κ3) is 4.78. The molecule has 0 amide bonds. The maximum absolute atomic E-state index is 5.54. The molecule has 0 aliphatic heterocycles. The van der Waals surface area contributed by atoms with Gasteiger partial charge in [-0.1, -0.05) is 48.6 Å². The van der Waals surface area contributed by atoms with E-state index in [1.807, 2.05) is 19.1 Å². The van der Waals surface area contributed by atoms with E-state index in [4.69, 9.17) is 5.73 Å². The van der Waals surface area contributed by atoms with E-state index in [1.54, 1.807) is 6.20 Å². The summed E-state index contributed by atoms with van der Waals surface area (Å²) in [4.78, 5) is 0. The fourth-order valence-corrected chi connectivity index (χ4v) is 2.12. The predicted molar refractivity (Wildman–Crippen MR) is 85.6 cm³/mol. The van der Waals surface area contributed by atoms with Crippen molar-refractivity contribution in [3.05, 3.63) is 71.5 Å². The molecule has 0 spiro atoms. The van der Waals surface area contributed by atoms with Crippen molar-refractivity contribution in [3.63, 3.8) is 0 Å². The summed E-state index contributed by atoms with van der Waals surface area (Å²) in [6, 6.07) is 0. The lowest BCUT2D eigenvalue weighted by atomic mass is 10.0. The van der Waals surface area contributed by atoms with Crippen molar-refractivity contribution in [2.45, 2.75) is 33.6 Å². The zero-order chi connectivity index (χ0) is 14.3. The molecule has 0 heterocycles. The van der Waals surface area contributed by atoms with E-state index in [2.05, 4.69) is 44.7 Å². The Morgan fingerprint density at radius 2 is 2.11 bits per heavy atom. The summed E-state index contributed by atoms with van der Waals surface area (Å²) in [5.74, 6) is 0.526. The molecule has 2 N–H and O–H groups in total. The van der Waals surface area contributed by atoms with Crippen LogP contribution in [0.1, 0.15) is 33.6 Å².